The third-order valence-corrected chi connectivity index (χ3v) is 2.93. The Balaban J connectivity index is 2.04. The second-order valence-corrected chi connectivity index (χ2v) is 6.21. The number of amides is 2. The van der Waals surface area contributed by atoms with Crippen molar-refractivity contribution in [3.63, 3.8) is 0 Å². The van der Waals surface area contributed by atoms with Crippen LogP contribution in [0.1, 0.15) is 47.1 Å². The van der Waals surface area contributed by atoms with Gasteiger partial charge in [0.05, 0.1) is 11.1 Å². The van der Waals surface area contributed by atoms with Gasteiger partial charge < -0.3 is 10.6 Å². The highest BCUT2D eigenvalue weighted by Crippen LogP contribution is 2.07. The largest absolute Gasteiger partial charge is 0.348 e. The monoisotopic (exact) mass is 312 g/mol. The zero-order valence-electron chi connectivity index (χ0n) is 13.5. The molecule has 0 unspecified atom stereocenters. The first-order valence-electron chi connectivity index (χ1n) is 7.30. The zero-order chi connectivity index (χ0) is 16.9. The average Bonchev–Trinajstić information content (AvgIpc) is 2.52. The van der Waals surface area contributed by atoms with Gasteiger partial charge in [-0.25, -0.2) is 0 Å². The number of carbonyl (C=O) groups excluding carboxylic acids is 2. The predicted molar refractivity (Wildman–Crippen MR) is 86.9 cm³/mol. The van der Waals surface area contributed by atoms with E-state index in [0.717, 1.165) is 5.56 Å². The highest BCUT2D eigenvalue weighted by molar-refractivity contribution is 5.99. The molecule has 6 nitrogen and oxygen atoms in total. The van der Waals surface area contributed by atoms with Crippen LogP contribution in [-0.2, 0) is 6.54 Å². The van der Waals surface area contributed by atoms with E-state index in [1.165, 1.54) is 18.5 Å². The van der Waals surface area contributed by atoms with E-state index in [2.05, 4.69) is 20.6 Å². The molecule has 2 aromatic rings. The minimum atomic E-state index is -0.352. The van der Waals surface area contributed by atoms with E-state index in [-0.39, 0.29) is 17.4 Å². The molecule has 0 atom stereocenters. The van der Waals surface area contributed by atoms with Crippen molar-refractivity contribution in [1.29, 1.82) is 0 Å². The fourth-order valence-electron chi connectivity index (χ4n) is 1.89. The Morgan fingerprint density at radius 1 is 1.04 bits per heavy atom. The van der Waals surface area contributed by atoms with Crippen molar-refractivity contribution < 1.29 is 9.59 Å². The zero-order valence-corrected chi connectivity index (χ0v) is 13.5. The summed E-state index contributed by atoms with van der Waals surface area (Å²) in [6.07, 6.45) is 6.24. The molecule has 2 aromatic heterocycles. The SMILES string of the molecule is CC(C)(C)NC(=O)c1cncc(C(=O)NCc2cccnc2)c1. The van der Waals surface area contributed by atoms with Gasteiger partial charge in [0.15, 0.2) is 0 Å². The third-order valence-electron chi connectivity index (χ3n) is 2.93. The number of aromatic nitrogens is 2. The second kappa shape index (κ2) is 7.00. The van der Waals surface area contributed by atoms with Crippen molar-refractivity contribution in [3.05, 3.63) is 59.7 Å². The molecule has 0 aliphatic rings. The number of hydrogen-bond acceptors (Lipinski definition) is 4. The molecule has 0 aliphatic heterocycles. The number of nitrogens with zero attached hydrogens (tertiary/aromatic N) is 2. The smallest absolute Gasteiger partial charge is 0.253 e. The van der Waals surface area contributed by atoms with Crippen LogP contribution in [0.4, 0.5) is 0 Å². The van der Waals surface area contributed by atoms with E-state index < -0.39 is 0 Å². The maximum absolute atomic E-state index is 12.2. The minimum Gasteiger partial charge on any atom is -0.348 e. The van der Waals surface area contributed by atoms with Gasteiger partial charge in [-0.15, -0.1) is 0 Å². The van der Waals surface area contributed by atoms with Crippen LogP contribution in [0.3, 0.4) is 0 Å². The lowest BCUT2D eigenvalue weighted by Crippen LogP contribution is -2.40. The third kappa shape index (κ3) is 5.18. The minimum absolute atomic E-state index is 0.257. The summed E-state index contributed by atoms with van der Waals surface area (Å²) in [4.78, 5) is 32.3. The normalized spacial score (nSPS) is 10.9. The summed E-state index contributed by atoms with van der Waals surface area (Å²) >= 11 is 0. The lowest BCUT2D eigenvalue weighted by molar-refractivity contribution is 0.0919. The molecule has 2 rings (SSSR count). The number of carbonyl (C=O) groups is 2. The molecule has 2 heterocycles. The van der Waals surface area contributed by atoms with Crippen molar-refractivity contribution in [2.24, 2.45) is 0 Å². The van der Waals surface area contributed by atoms with Crippen LogP contribution >= 0.6 is 0 Å². The van der Waals surface area contributed by atoms with Crippen LogP contribution in [0.25, 0.3) is 0 Å². The maximum Gasteiger partial charge on any atom is 0.253 e. The highest BCUT2D eigenvalue weighted by Gasteiger charge is 2.17. The standard InChI is InChI=1S/C17H20N4O2/c1-17(2,3)21-16(23)14-7-13(10-19-11-14)15(22)20-9-12-5-4-6-18-8-12/h4-8,10-11H,9H2,1-3H3,(H,20,22)(H,21,23). The Bertz CT molecular complexity index is 693. The van der Waals surface area contributed by atoms with E-state index in [1.54, 1.807) is 18.5 Å². The quantitative estimate of drug-likeness (QED) is 0.903. The first kappa shape index (κ1) is 16.6. The Kier molecular flexibility index (Phi) is 5.05. The molecule has 23 heavy (non-hydrogen) atoms. The van der Waals surface area contributed by atoms with Crippen molar-refractivity contribution >= 4 is 11.8 Å². The molecule has 0 aromatic carbocycles. The summed E-state index contributed by atoms with van der Waals surface area (Å²) < 4.78 is 0. The molecule has 0 bridgehead atoms. The van der Waals surface area contributed by atoms with Gasteiger partial charge in [0.2, 0.25) is 0 Å². The van der Waals surface area contributed by atoms with Gasteiger partial charge in [-0.1, -0.05) is 6.07 Å². The molecular weight excluding hydrogens is 292 g/mol. The van der Waals surface area contributed by atoms with Gasteiger partial charge in [0.1, 0.15) is 0 Å². The molecule has 2 amide bonds. The van der Waals surface area contributed by atoms with E-state index in [1.807, 2.05) is 26.8 Å². The first-order chi connectivity index (χ1) is 10.8. The van der Waals surface area contributed by atoms with Gasteiger partial charge in [-0.05, 0) is 38.5 Å². The molecule has 2 N–H and O–H groups in total. The van der Waals surface area contributed by atoms with Gasteiger partial charge in [-0.3, -0.25) is 19.6 Å². The molecule has 0 saturated carbocycles. The lowest BCUT2D eigenvalue weighted by Gasteiger charge is -2.20. The number of hydrogen-bond donors (Lipinski definition) is 2. The second-order valence-electron chi connectivity index (χ2n) is 6.21. The number of pyridine rings is 2. The molecule has 120 valence electrons. The molecule has 0 spiro atoms. The van der Waals surface area contributed by atoms with Crippen molar-refractivity contribution in [1.82, 2.24) is 20.6 Å². The Morgan fingerprint density at radius 2 is 1.74 bits per heavy atom. The van der Waals surface area contributed by atoms with Crippen LogP contribution in [0.2, 0.25) is 0 Å². The average molecular weight is 312 g/mol. The molecule has 0 radical (unpaired) electrons. The van der Waals surface area contributed by atoms with Gasteiger partial charge in [0, 0.05) is 36.9 Å². The predicted octanol–water partition coefficient (Wildman–Crippen LogP) is 1.93. The van der Waals surface area contributed by atoms with Crippen molar-refractivity contribution in [2.45, 2.75) is 32.9 Å². The summed E-state index contributed by atoms with van der Waals surface area (Å²) in [5.41, 5.74) is 1.25. The summed E-state index contributed by atoms with van der Waals surface area (Å²) in [6.45, 7) is 6.04. The van der Waals surface area contributed by atoms with Crippen LogP contribution in [0.15, 0.2) is 43.0 Å². The Morgan fingerprint density at radius 3 is 2.35 bits per heavy atom. The molecule has 0 saturated heterocycles. The summed E-state index contributed by atoms with van der Waals surface area (Å²) in [7, 11) is 0. The van der Waals surface area contributed by atoms with Gasteiger partial charge in [-0.2, -0.15) is 0 Å². The summed E-state index contributed by atoms with van der Waals surface area (Å²) in [5.74, 6) is -0.543. The maximum atomic E-state index is 12.2. The summed E-state index contributed by atoms with van der Waals surface area (Å²) in [5, 5.41) is 5.62. The Labute approximate surface area is 135 Å². The van der Waals surface area contributed by atoms with E-state index in [0.29, 0.717) is 17.7 Å². The molecule has 6 heteroatoms. The van der Waals surface area contributed by atoms with Crippen LogP contribution < -0.4 is 10.6 Å². The van der Waals surface area contributed by atoms with Gasteiger partial charge >= 0.3 is 0 Å². The van der Waals surface area contributed by atoms with Crippen LogP contribution in [0.5, 0.6) is 0 Å². The van der Waals surface area contributed by atoms with E-state index in [4.69, 9.17) is 0 Å². The molecule has 0 fully saturated rings. The summed E-state index contributed by atoms with van der Waals surface area (Å²) in [6, 6.07) is 5.21. The molecule has 0 aliphatic carbocycles. The topological polar surface area (TPSA) is 84.0 Å². The van der Waals surface area contributed by atoms with Gasteiger partial charge in [0.25, 0.3) is 11.8 Å². The first-order valence-corrected chi connectivity index (χ1v) is 7.30. The molecular formula is C17H20N4O2. The Hall–Kier alpha value is -2.76. The van der Waals surface area contributed by atoms with E-state index in [9.17, 15) is 9.59 Å². The fourth-order valence-corrected chi connectivity index (χ4v) is 1.89. The van der Waals surface area contributed by atoms with Crippen molar-refractivity contribution in [3.8, 4) is 0 Å². The number of rotatable bonds is 4. The van der Waals surface area contributed by atoms with Crippen LogP contribution in [0, 0.1) is 0 Å². The van der Waals surface area contributed by atoms with Crippen LogP contribution in [-0.4, -0.2) is 27.3 Å². The lowest BCUT2D eigenvalue weighted by atomic mass is 10.1. The van der Waals surface area contributed by atoms with Crippen molar-refractivity contribution in [2.75, 3.05) is 0 Å². The van der Waals surface area contributed by atoms with E-state index >= 15 is 0 Å². The fraction of sp³-hybridized carbons (Fsp3) is 0.294. The highest BCUT2D eigenvalue weighted by atomic mass is 16.2. The number of nitrogens with one attached hydrogen (secondary N) is 2.